The zero-order valence-corrected chi connectivity index (χ0v) is 15.5. The van der Waals surface area contributed by atoms with Crippen LogP contribution in [-0.4, -0.2) is 28.1 Å². The number of carbonyl (C=O) groups excluding carboxylic acids is 2. The number of benzene rings is 1. The first-order chi connectivity index (χ1) is 11.9. The Morgan fingerprint density at radius 2 is 2.00 bits per heavy atom. The predicted octanol–water partition coefficient (Wildman–Crippen LogP) is 2.93. The van der Waals surface area contributed by atoms with Gasteiger partial charge in [-0.25, -0.2) is 0 Å². The van der Waals surface area contributed by atoms with E-state index in [-0.39, 0.29) is 18.4 Å². The number of hydrogen-bond acceptors (Lipinski definition) is 4. The van der Waals surface area contributed by atoms with Crippen LogP contribution >= 0.6 is 11.3 Å². The van der Waals surface area contributed by atoms with Gasteiger partial charge in [0.2, 0.25) is 5.91 Å². The molecule has 130 valence electrons. The van der Waals surface area contributed by atoms with E-state index < -0.39 is 0 Å². The maximum atomic E-state index is 12.3. The van der Waals surface area contributed by atoms with Crippen LogP contribution < -0.4 is 10.6 Å². The van der Waals surface area contributed by atoms with Crippen molar-refractivity contribution in [2.24, 2.45) is 7.05 Å². The maximum Gasteiger partial charge on any atom is 0.261 e. The summed E-state index contributed by atoms with van der Waals surface area (Å²) in [5.41, 5.74) is 3.79. The summed E-state index contributed by atoms with van der Waals surface area (Å²) in [5, 5.41) is 10.8. The number of anilines is 1. The van der Waals surface area contributed by atoms with Crippen LogP contribution in [0, 0.1) is 20.8 Å². The molecule has 25 heavy (non-hydrogen) atoms. The Kier molecular flexibility index (Phi) is 4.59. The van der Waals surface area contributed by atoms with E-state index in [0.717, 1.165) is 32.7 Å². The van der Waals surface area contributed by atoms with E-state index >= 15 is 0 Å². The van der Waals surface area contributed by atoms with E-state index in [4.69, 9.17) is 0 Å². The highest BCUT2D eigenvalue weighted by Gasteiger charge is 2.16. The van der Waals surface area contributed by atoms with Crippen molar-refractivity contribution in [1.82, 2.24) is 15.1 Å². The van der Waals surface area contributed by atoms with Crippen molar-refractivity contribution in [3.05, 3.63) is 46.0 Å². The number of rotatable bonds is 4. The molecule has 2 aromatic heterocycles. The normalized spacial score (nSPS) is 10.9. The minimum atomic E-state index is -0.253. The van der Waals surface area contributed by atoms with Crippen LogP contribution in [0.1, 0.15) is 26.5 Å². The molecule has 0 radical (unpaired) electrons. The molecule has 0 saturated carbocycles. The molecule has 1 aromatic carbocycles. The van der Waals surface area contributed by atoms with Crippen LogP contribution in [0.3, 0.4) is 0 Å². The summed E-state index contributed by atoms with van der Waals surface area (Å²) in [5.74, 6) is -0.502. The first kappa shape index (κ1) is 17.2. The second-order valence-corrected chi connectivity index (χ2v) is 7.05. The lowest BCUT2D eigenvalue weighted by atomic mass is 10.1. The molecule has 7 heteroatoms. The molecule has 2 N–H and O–H groups in total. The zero-order valence-electron chi connectivity index (χ0n) is 14.6. The van der Waals surface area contributed by atoms with Crippen LogP contribution in [0.2, 0.25) is 0 Å². The Morgan fingerprint density at radius 1 is 1.24 bits per heavy atom. The molecular weight excluding hydrogens is 336 g/mol. The van der Waals surface area contributed by atoms with Crippen molar-refractivity contribution in [3.8, 4) is 0 Å². The minimum absolute atomic E-state index is 0.0717. The van der Waals surface area contributed by atoms with Crippen molar-refractivity contribution in [3.63, 3.8) is 0 Å². The lowest BCUT2D eigenvalue weighted by molar-refractivity contribution is -0.115. The van der Waals surface area contributed by atoms with E-state index in [9.17, 15) is 9.59 Å². The molecule has 0 aliphatic carbocycles. The van der Waals surface area contributed by atoms with Gasteiger partial charge < -0.3 is 10.6 Å². The predicted molar refractivity (Wildman–Crippen MR) is 100 cm³/mol. The number of aryl methyl sites for hydroxylation is 3. The first-order valence-corrected chi connectivity index (χ1v) is 8.76. The molecule has 0 aliphatic heterocycles. The third-order valence-electron chi connectivity index (χ3n) is 4.21. The van der Waals surface area contributed by atoms with Gasteiger partial charge >= 0.3 is 0 Å². The average molecular weight is 356 g/mol. The molecule has 0 bridgehead atoms. The summed E-state index contributed by atoms with van der Waals surface area (Å²) in [6.07, 6.45) is 0. The van der Waals surface area contributed by atoms with Gasteiger partial charge in [0.1, 0.15) is 4.83 Å². The summed E-state index contributed by atoms with van der Waals surface area (Å²) in [6.45, 7) is 5.79. The van der Waals surface area contributed by atoms with Gasteiger partial charge in [-0.05, 0) is 44.0 Å². The van der Waals surface area contributed by atoms with Crippen LogP contribution in [0.25, 0.3) is 10.2 Å². The molecule has 0 fully saturated rings. The first-order valence-electron chi connectivity index (χ1n) is 7.94. The zero-order chi connectivity index (χ0) is 18.1. The fraction of sp³-hybridized carbons (Fsp3) is 0.278. The molecule has 0 spiro atoms. The number of hydrogen-bond donors (Lipinski definition) is 2. The Hall–Kier alpha value is -2.67. The molecular formula is C18H20N4O2S. The van der Waals surface area contributed by atoms with Gasteiger partial charge in [-0.3, -0.25) is 14.3 Å². The van der Waals surface area contributed by atoms with Crippen molar-refractivity contribution >= 4 is 39.1 Å². The maximum absolute atomic E-state index is 12.3. The highest BCUT2D eigenvalue weighted by Crippen LogP contribution is 2.27. The Bertz CT molecular complexity index is 937. The number of nitrogens with zero attached hydrogens (tertiary/aromatic N) is 2. The molecule has 3 aromatic rings. The minimum Gasteiger partial charge on any atom is -0.342 e. The van der Waals surface area contributed by atoms with Crippen LogP contribution in [0.5, 0.6) is 0 Å². The van der Waals surface area contributed by atoms with Gasteiger partial charge in [0, 0.05) is 18.1 Å². The quantitative estimate of drug-likeness (QED) is 0.755. The van der Waals surface area contributed by atoms with Crippen LogP contribution in [-0.2, 0) is 11.8 Å². The number of carbonyl (C=O) groups is 2. The molecule has 0 unspecified atom stereocenters. The van der Waals surface area contributed by atoms with E-state index in [0.29, 0.717) is 4.88 Å². The topological polar surface area (TPSA) is 76.0 Å². The van der Waals surface area contributed by atoms with E-state index in [2.05, 4.69) is 15.7 Å². The Labute approximate surface area is 149 Å². The third-order valence-corrected chi connectivity index (χ3v) is 5.41. The highest BCUT2D eigenvalue weighted by atomic mass is 32.1. The second kappa shape index (κ2) is 6.68. The Morgan fingerprint density at radius 3 is 2.72 bits per heavy atom. The lowest BCUT2D eigenvalue weighted by Crippen LogP contribution is -2.32. The van der Waals surface area contributed by atoms with E-state index in [1.165, 1.54) is 11.3 Å². The summed E-state index contributed by atoms with van der Waals surface area (Å²) in [6, 6.07) is 7.55. The van der Waals surface area contributed by atoms with Gasteiger partial charge in [0.05, 0.1) is 17.1 Å². The van der Waals surface area contributed by atoms with Gasteiger partial charge in [-0.15, -0.1) is 11.3 Å². The van der Waals surface area contributed by atoms with Gasteiger partial charge in [-0.2, -0.15) is 5.10 Å². The second-order valence-electron chi connectivity index (χ2n) is 6.02. The number of amides is 2. The van der Waals surface area contributed by atoms with Gasteiger partial charge in [0.25, 0.3) is 5.91 Å². The van der Waals surface area contributed by atoms with E-state index in [1.54, 1.807) is 4.68 Å². The smallest absolute Gasteiger partial charge is 0.261 e. The van der Waals surface area contributed by atoms with Gasteiger partial charge in [0.15, 0.2) is 0 Å². The van der Waals surface area contributed by atoms with Gasteiger partial charge in [-0.1, -0.05) is 12.1 Å². The summed E-state index contributed by atoms with van der Waals surface area (Å²) < 4.78 is 1.76. The van der Waals surface area contributed by atoms with Crippen molar-refractivity contribution in [2.45, 2.75) is 20.8 Å². The largest absolute Gasteiger partial charge is 0.342 e. The highest BCUT2D eigenvalue weighted by molar-refractivity contribution is 7.20. The molecule has 2 amide bonds. The monoisotopic (exact) mass is 356 g/mol. The average Bonchev–Trinajstić information content (AvgIpc) is 3.12. The summed E-state index contributed by atoms with van der Waals surface area (Å²) in [7, 11) is 1.85. The number of fused-ring (bicyclic) bond motifs is 1. The SMILES string of the molecule is Cc1cccc(NC(=O)CNC(=O)c2cc3c(C)nn(C)c3s2)c1C. The molecule has 3 rings (SSSR count). The standard InChI is InChI=1S/C18H20N4O2S/c1-10-6-5-7-14(11(10)2)20-16(23)9-19-17(24)15-8-13-12(3)21-22(4)18(13)25-15/h5-8H,9H2,1-4H3,(H,19,24)(H,20,23). The number of thiophene rings is 1. The molecule has 6 nitrogen and oxygen atoms in total. The van der Waals surface area contributed by atoms with Crippen LogP contribution in [0.15, 0.2) is 24.3 Å². The summed E-state index contributed by atoms with van der Waals surface area (Å²) in [4.78, 5) is 25.9. The number of aromatic nitrogens is 2. The molecule has 0 aliphatic rings. The lowest BCUT2D eigenvalue weighted by Gasteiger charge is -2.10. The van der Waals surface area contributed by atoms with E-state index in [1.807, 2.05) is 52.1 Å². The van der Waals surface area contributed by atoms with Crippen molar-refractivity contribution in [2.75, 3.05) is 11.9 Å². The van der Waals surface area contributed by atoms with Crippen molar-refractivity contribution in [1.29, 1.82) is 0 Å². The summed E-state index contributed by atoms with van der Waals surface area (Å²) >= 11 is 1.37. The number of nitrogens with one attached hydrogen (secondary N) is 2. The van der Waals surface area contributed by atoms with Crippen molar-refractivity contribution < 1.29 is 9.59 Å². The van der Waals surface area contributed by atoms with Crippen LogP contribution in [0.4, 0.5) is 5.69 Å². The third kappa shape index (κ3) is 3.41. The molecule has 0 saturated heterocycles. The molecule has 0 atom stereocenters. The fourth-order valence-electron chi connectivity index (χ4n) is 2.65. The Balaban J connectivity index is 1.64. The fourth-order valence-corrected chi connectivity index (χ4v) is 3.69. The molecule has 2 heterocycles.